The van der Waals surface area contributed by atoms with Gasteiger partial charge in [-0.25, -0.2) is 4.79 Å². The van der Waals surface area contributed by atoms with Gasteiger partial charge in [0, 0.05) is 22.6 Å². The molecule has 0 saturated heterocycles. The Labute approximate surface area is 171 Å². The Morgan fingerprint density at radius 3 is 2.40 bits per heavy atom. The van der Waals surface area contributed by atoms with Crippen LogP contribution in [0.4, 0.5) is 0 Å². The molecule has 0 spiro atoms. The normalized spacial score (nSPS) is 11.3. The average molecular weight is 398 g/mol. The van der Waals surface area contributed by atoms with Crippen LogP contribution < -0.4 is 10.4 Å². The predicted octanol–water partition coefficient (Wildman–Crippen LogP) is 5.90. The van der Waals surface area contributed by atoms with E-state index < -0.39 is 5.63 Å². The number of fused-ring (bicyclic) bond motifs is 3. The van der Waals surface area contributed by atoms with Crippen molar-refractivity contribution in [2.45, 2.75) is 6.92 Å². The monoisotopic (exact) mass is 398 g/mol. The zero-order valence-electron chi connectivity index (χ0n) is 16.4. The average Bonchev–Trinajstić information content (AvgIpc) is 3.13. The quantitative estimate of drug-likeness (QED) is 0.410. The topological polar surface area (TPSA) is 72.8 Å². The Balaban J connectivity index is 1.95. The molecule has 0 saturated carbocycles. The summed E-state index contributed by atoms with van der Waals surface area (Å²) in [6.07, 6.45) is 0. The molecular formula is C25H18O5. The van der Waals surface area contributed by atoms with Crippen LogP contribution in [0.25, 0.3) is 44.2 Å². The largest absolute Gasteiger partial charge is 0.507 e. The number of ether oxygens (including phenoxy) is 1. The first-order valence-corrected chi connectivity index (χ1v) is 9.49. The minimum absolute atomic E-state index is 0.0847. The van der Waals surface area contributed by atoms with E-state index in [0.29, 0.717) is 28.4 Å². The van der Waals surface area contributed by atoms with Crippen LogP contribution >= 0.6 is 0 Å². The third-order valence-corrected chi connectivity index (χ3v) is 5.24. The SMILES string of the molecule is COc1ccc(-c2oc3ccc4ccccc4c3c2-c2c(O)cc(C)oc2=O)cc1. The number of aromatic hydroxyl groups is 1. The van der Waals surface area contributed by atoms with Gasteiger partial charge < -0.3 is 18.7 Å². The van der Waals surface area contributed by atoms with Gasteiger partial charge in [0.25, 0.3) is 0 Å². The summed E-state index contributed by atoms with van der Waals surface area (Å²) in [5.74, 6) is 1.38. The molecule has 0 amide bonds. The lowest BCUT2D eigenvalue weighted by molar-refractivity contribution is 0.415. The molecule has 5 nitrogen and oxygen atoms in total. The number of benzene rings is 3. The van der Waals surface area contributed by atoms with Crippen molar-refractivity contribution in [1.29, 1.82) is 0 Å². The zero-order chi connectivity index (χ0) is 20.8. The highest BCUT2D eigenvalue weighted by atomic mass is 16.5. The maximum absolute atomic E-state index is 12.8. The Kier molecular flexibility index (Phi) is 4.10. The molecule has 5 aromatic rings. The first kappa shape index (κ1) is 18.1. The van der Waals surface area contributed by atoms with Crippen LogP contribution in [0, 0.1) is 6.92 Å². The molecule has 148 valence electrons. The van der Waals surface area contributed by atoms with E-state index in [0.717, 1.165) is 21.7 Å². The number of aryl methyl sites for hydroxylation is 1. The van der Waals surface area contributed by atoms with E-state index in [-0.39, 0.29) is 11.3 Å². The van der Waals surface area contributed by atoms with E-state index in [9.17, 15) is 9.90 Å². The minimum Gasteiger partial charge on any atom is -0.507 e. The molecule has 0 bridgehead atoms. The smallest absolute Gasteiger partial charge is 0.347 e. The molecule has 0 atom stereocenters. The summed E-state index contributed by atoms with van der Waals surface area (Å²) in [5.41, 5.74) is 1.36. The maximum atomic E-state index is 12.8. The van der Waals surface area contributed by atoms with Gasteiger partial charge in [-0.15, -0.1) is 0 Å². The molecule has 5 heteroatoms. The first-order chi connectivity index (χ1) is 14.6. The lowest BCUT2D eigenvalue weighted by Gasteiger charge is -2.07. The number of furan rings is 1. The molecule has 0 unspecified atom stereocenters. The summed E-state index contributed by atoms with van der Waals surface area (Å²) in [6, 6.07) is 20.5. The van der Waals surface area contributed by atoms with Crippen molar-refractivity contribution in [3.05, 3.63) is 82.9 Å². The van der Waals surface area contributed by atoms with Crippen molar-refractivity contribution in [1.82, 2.24) is 0 Å². The third-order valence-electron chi connectivity index (χ3n) is 5.24. The lowest BCUT2D eigenvalue weighted by atomic mass is 9.95. The van der Waals surface area contributed by atoms with Gasteiger partial charge in [-0.2, -0.15) is 0 Å². The second-order valence-corrected chi connectivity index (χ2v) is 7.10. The van der Waals surface area contributed by atoms with Gasteiger partial charge in [0.2, 0.25) is 0 Å². The summed E-state index contributed by atoms with van der Waals surface area (Å²) in [5, 5.41) is 13.4. The molecule has 0 aliphatic carbocycles. The summed E-state index contributed by atoms with van der Waals surface area (Å²) in [4.78, 5) is 12.8. The summed E-state index contributed by atoms with van der Waals surface area (Å²) >= 11 is 0. The van der Waals surface area contributed by atoms with E-state index in [2.05, 4.69) is 0 Å². The number of methoxy groups -OCH3 is 1. The van der Waals surface area contributed by atoms with Crippen LogP contribution in [-0.2, 0) is 0 Å². The summed E-state index contributed by atoms with van der Waals surface area (Å²) < 4.78 is 16.8. The molecule has 0 radical (unpaired) electrons. The second kappa shape index (κ2) is 6.81. The van der Waals surface area contributed by atoms with Gasteiger partial charge in [-0.1, -0.05) is 30.3 Å². The molecule has 30 heavy (non-hydrogen) atoms. The van der Waals surface area contributed by atoms with Crippen LogP contribution in [0.5, 0.6) is 11.5 Å². The molecule has 5 rings (SSSR count). The maximum Gasteiger partial charge on any atom is 0.347 e. The summed E-state index contributed by atoms with van der Waals surface area (Å²) in [6.45, 7) is 1.62. The van der Waals surface area contributed by atoms with Gasteiger partial charge in [0.05, 0.1) is 7.11 Å². The van der Waals surface area contributed by atoms with E-state index >= 15 is 0 Å². The van der Waals surface area contributed by atoms with Gasteiger partial charge >= 0.3 is 5.63 Å². The molecule has 0 fully saturated rings. The molecule has 0 aliphatic heterocycles. The number of hydrogen-bond donors (Lipinski definition) is 1. The van der Waals surface area contributed by atoms with E-state index in [1.807, 2.05) is 60.7 Å². The zero-order valence-corrected chi connectivity index (χ0v) is 16.4. The highest BCUT2D eigenvalue weighted by molar-refractivity contribution is 6.16. The highest BCUT2D eigenvalue weighted by Crippen LogP contribution is 2.45. The van der Waals surface area contributed by atoms with Crippen molar-refractivity contribution < 1.29 is 18.7 Å². The molecule has 3 aromatic carbocycles. The lowest BCUT2D eigenvalue weighted by Crippen LogP contribution is -2.04. The minimum atomic E-state index is -0.613. The Bertz CT molecular complexity index is 1460. The fourth-order valence-electron chi connectivity index (χ4n) is 3.88. The van der Waals surface area contributed by atoms with Gasteiger partial charge in [-0.05, 0) is 48.0 Å². The van der Waals surface area contributed by atoms with Crippen LogP contribution in [-0.4, -0.2) is 12.2 Å². The van der Waals surface area contributed by atoms with Gasteiger partial charge in [0.1, 0.15) is 34.2 Å². The van der Waals surface area contributed by atoms with E-state index in [1.54, 1.807) is 14.0 Å². The van der Waals surface area contributed by atoms with Crippen molar-refractivity contribution in [2.75, 3.05) is 7.11 Å². The molecule has 0 aliphatic rings. The van der Waals surface area contributed by atoms with E-state index in [1.165, 1.54) is 6.07 Å². The Hall–Kier alpha value is -3.99. The van der Waals surface area contributed by atoms with Crippen LogP contribution in [0.3, 0.4) is 0 Å². The predicted molar refractivity (Wildman–Crippen MR) is 116 cm³/mol. The molecule has 2 aromatic heterocycles. The fraction of sp³-hybridized carbons (Fsp3) is 0.0800. The fourth-order valence-corrected chi connectivity index (χ4v) is 3.88. The third kappa shape index (κ3) is 2.75. The Morgan fingerprint density at radius 2 is 1.67 bits per heavy atom. The van der Waals surface area contributed by atoms with Gasteiger partial charge in [-0.3, -0.25) is 0 Å². The number of hydrogen-bond acceptors (Lipinski definition) is 5. The standard InChI is InChI=1S/C25H18O5/c1-14-13-19(26)22(25(27)29-14)23-21-18-6-4-3-5-15(18)9-12-20(21)30-24(23)16-7-10-17(28-2)11-8-16/h3-13,26H,1-2H3. The number of rotatable bonds is 3. The van der Waals surface area contributed by atoms with Crippen LogP contribution in [0.2, 0.25) is 0 Å². The summed E-state index contributed by atoms with van der Waals surface area (Å²) in [7, 11) is 1.60. The van der Waals surface area contributed by atoms with Gasteiger partial charge in [0.15, 0.2) is 0 Å². The van der Waals surface area contributed by atoms with Crippen molar-refractivity contribution in [2.24, 2.45) is 0 Å². The van der Waals surface area contributed by atoms with Crippen LogP contribution in [0.1, 0.15) is 5.76 Å². The Morgan fingerprint density at radius 1 is 0.900 bits per heavy atom. The van der Waals surface area contributed by atoms with E-state index in [4.69, 9.17) is 13.6 Å². The molecule has 1 N–H and O–H groups in total. The molecular weight excluding hydrogens is 380 g/mol. The first-order valence-electron chi connectivity index (χ1n) is 9.49. The molecule has 2 heterocycles. The second-order valence-electron chi connectivity index (χ2n) is 7.10. The van der Waals surface area contributed by atoms with Crippen molar-refractivity contribution in [3.8, 4) is 33.9 Å². The highest BCUT2D eigenvalue weighted by Gasteiger charge is 2.25. The van der Waals surface area contributed by atoms with Crippen molar-refractivity contribution >= 4 is 21.7 Å². The van der Waals surface area contributed by atoms with Crippen LogP contribution in [0.15, 0.2) is 80.4 Å². The van der Waals surface area contributed by atoms with Crippen molar-refractivity contribution in [3.63, 3.8) is 0 Å².